The average molecular weight is 404 g/mol. The van der Waals surface area contributed by atoms with Gasteiger partial charge in [0.25, 0.3) is 0 Å². The number of carbonyl (C=O) groups is 1. The molecule has 1 unspecified atom stereocenters. The molecular formula is C20H16N6O2S. The van der Waals surface area contributed by atoms with Crippen molar-refractivity contribution in [3.8, 4) is 12.1 Å². The van der Waals surface area contributed by atoms with Crippen molar-refractivity contribution in [2.24, 2.45) is 0 Å². The van der Waals surface area contributed by atoms with Crippen molar-refractivity contribution in [3.05, 3.63) is 66.2 Å². The van der Waals surface area contributed by atoms with Gasteiger partial charge in [0, 0.05) is 30.4 Å². The molecule has 4 rings (SSSR count). The van der Waals surface area contributed by atoms with Crippen LogP contribution in [0, 0.1) is 11.3 Å². The lowest BCUT2D eigenvalue weighted by molar-refractivity contribution is -0.116. The van der Waals surface area contributed by atoms with Gasteiger partial charge in [-0.3, -0.25) is 4.79 Å². The first-order valence-corrected chi connectivity index (χ1v) is 9.57. The first-order chi connectivity index (χ1) is 14.2. The SMILES string of the molecule is COc1ncc(C(CC(=O)Nc2nc3ccc(C#N)cc3s2)n2cccc2)cn1. The third-order valence-electron chi connectivity index (χ3n) is 4.35. The summed E-state index contributed by atoms with van der Waals surface area (Å²) in [5, 5.41) is 12.4. The number of methoxy groups -OCH3 is 1. The molecule has 1 atom stereocenters. The van der Waals surface area contributed by atoms with Gasteiger partial charge in [-0.1, -0.05) is 11.3 Å². The van der Waals surface area contributed by atoms with Gasteiger partial charge >= 0.3 is 6.01 Å². The van der Waals surface area contributed by atoms with Crippen LogP contribution in [-0.2, 0) is 4.79 Å². The van der Waals surface area contributed by atoms with Crippen LogP contribution in [0.5, 0.6) is 6.01 Å². The molecular weight excluding hydrogens is 388 g/mol. The molecule has 144 valence electrons. The van der Waals surface area contributed by atoms with Crippen LogP contribution in [0.2, 0.25) is 0 Å². The summed E-state index contributed by atoms with van der Waals surface area (Å²) in [6.07, 6.45) is 7.28. The first kappa shape index (κ1) is 18.6. The van der Waals surface area contributed by atoms with Gasteiger partial charge in [0.15, 0.2) is 5.13 Å². The molecule has 0 saturated heterocycles. The standard InChI is InChI=1S/C20H16N6O2S/c1-28-19-22-11-14(12-23-19)16(26-6-2-3-7-26)9-18(27)25-20-24-15-5-4-13(10-21)8-17(15)29-20/h2-8,11-12,16H,9H2,1H3,(H,24,25,27). The fraction of sp³-hybridized carbons (Fsp3) is 0.150. The second-order valence-electron chi connectivity index (χ2n) is 6.21. The number of hydrogen-bond donors (Lipinski definition) is 1. The van der Waals surface area contributed by atoms with E-state index >= 15 is 0 Å². The van der Waals surface area contributed by atoms with E-state index in [4.69, 9.17) is 10.00 Å². The second kappa shape index (κ2) is 8.08. The van der Waals surface area contributed by atoms with Gasteiger partial charge in [0.2, 0.25) is 5.91 Å². The maximum Gasteiger partial charge on any atom is 0.316 e. The lowest BCUT2D eigenvalue weighted by Gasteiger charge is -2.18. The summed E-state index contributed by atoms with van der Waals surface area (Å²) in [7, 11) is 1.50. The molecule has 0 bridgehead atoms. The zero-order chi connectivity index (χ0) is 20.2. The molecule has 0 fully saturated rings. The third kappa shape index (κ3) is 4.07. The Hall–Kier alpha value is -3.77. The molecule has 0 radical (unpaired) electrons. The third-order valence-corrected chi connectivity index (χ3v) is 5.28. The predicted octanol–water partition coefficient (Wildman–Crippen LogP) is 3.39. The number of aromatic nitrogens is 4. The summed E-state index contributed by atoms with van der Waals surface area (Å²) in [5.74, 6) is -0.181. The molecule has 3 heterocycles. The Bertz CT molecular complexity index is 1180. The number of nitrogens with one attached hydrogen (secondary N) is 1. The van der Waals surface area contributed by atoms with Crippen LogP contribution in [0.3, 0.4) is 0 Å². The van der Waals surface area contributed by atoms with E-state index < -0.39 is 0 Å². The van der Waals surface area contributed by atoms with Crippen LogP contribution in [0.25, 0.3) is 10.2 Å². The highest BCUT2D eigenvalue weighted by Crippen LogP contribution is 2.28. The van der Waals surface area contributed by atoms with Crippen LogP contribution in [0.15, 0.2) is 55.1 Å². The molecule has 9 heteroatoms. The second-order valence-corrected chi connectivity index (χ2v) is 7.25. The van der Waals surface area contributed by atoms with Crippen LogP contribution >= 0.6 is 11.3 Å². The molecule has 0 aliphatic carbocycles. The van der Waals surface area contributed by atoms with E-state index in [1.54, 1.807) is 30.6 Å². The van der Waals surface area contributed by atoms with Gasteiger partial charge in [-0.25, -0.2) is 15.0 Å². The van der Waals surface area contributed by atoms with Crippen molar-refractivity contribution in [1.29, 1.82) is 5.26 Å². The Labute approximate surface area is 170 Å². The first-order valence-electron chi connectivity index (χ1n) is 8.75. The maximum absolute atomic E-state index is 12.7. The van der Waals surface area contributed by atoms with Crippen molar-refractivity contribution in [1.82, 2.24) is 19.5 Å². The quantitative estimate of drug-likeness (QED) is 0.528. The fourth-order valence-corrected chi connectivity index (χ4v) is 3.87. The number of fused-ring (bicyclic) bond motifs is 1. The lowest BCUT2D eigenvalue weighted by Crippen LogP contribution is -2.20. The van der Waals surface area contributed by atoms with Gasteiger partial charge in [0.1, 0.15) is 0 Å². The number of ether oxygens (including phenoxy) is 1. The number of nitrogens with zero attached hydrogens (tertiary/aromatic N) is 5. The molecule has 1 aromatic carbocycles. The zero-order valence-electron chi connectivity index (χ0n) is 15.4. The number of thiazole rings is 1. The Morgan fingerprint density at radius 3 is 2.76 bits per heavy atom. The number of hydrogen-bond acceptors (Lipinski definition) is 7. The highest BCUT2D eigenvalue weighted by atomic mass is 32.1. The average Bonchev–Trinajstić information content (AvgIpc) is 3.41. The Morgan fingerprint density at radius 1 is 1.31 bits per heavy atom. The van der Waals surface area contributed by atoms with Gasteiger partial charge in [-0.2, -0.15) is 5.26 Å². The van der Waals surface area contributed by atoms with Crippen molar-refractivity contribution >= 4 is 32.6 Å². The number of carbonyl (C=O) groups excluding carboxylic acids is 1. The number of benzene rings is 1. The summed E-state index contributed by atoms with van der Waals surface area (Å²) in [4.78, 5) is 25.5. The number of anilines is 1. The van der Waals surface area contributed by atoms with Crippen LogP contribution in [0.4, 0.5) is 5.13 Å². The summed E-state index contributed by atoms with van der Waals surface area (Å²) in [5.41, 5.74) is 2.10. The van der Waals surface area contributed by atoms with E-state index in [0.29, 0.717) is 10.7 Å². The molecule has 29 heavy (non-hydrogen) atoms. The Kier molecular flexibility index (Phi) is 5.18. The summed E-state index contributed by atoms with van der Waals surface area (Å²) in [6, 6.07) is 11.2. The zero-order valence-corrected chi connectivity index (χ0v) is 16.3. The van der Waals surface area contributed by atoms with Crippen LogP contribution in [-0.4, -0.2) is 32.5 Å². The van der Waals surface area contributed by atoms with Crippen molar-refractivity contribution in [2.45, 2.75) is 12.5 Å². The number of amides is 1. The predicted molar refractivity (Wildman–Crippen MR) is 109 cm³/mol. The van der Waals surface area contributed by atoms with Crippen molar-refractivity contribution in [3.63, 3.8) is 0 Å². The minimum Gasteiger partial charge on any atom is -0.467 e. The van der Waals surface area contributed by atoms with Gasteiger partial charge in [-0.05, 0) is 30.3 Å². The van der Waals surface area contributed by atoms with E-state index in [-0.39, 0.29) is 24.4 Å². The van der Waals surface area contributed by atoms with Crippen LogP contribution < -0.4 is 10.1 Å². The Balaban J connectivity index is 1.54. The summed E-state index contributed by atoms with van der Waals surface area (Å²) < 4.78 is 7.79. The fourth-order valence-electron chi connectivity index (χ4n) is 2.95. The van der Waals surface area contributed by atoms with Crippen molar-refractivity contribution < 1.29 is 9.53 Å². The molecule has 3 aromatic heterocycles. The van der Waals surface area contributed by atoms with Crippen molar-refractivity contribution in [2.75, 3.05) is 12.4 Å². The van der Waals surface area contributed by atoms with Gasteiger partial charge in [0.05, 0.1) is 41.4 Å². The minimum atomic E-state index is -0.268. The Morgan fingerprint density at radius 2 is 2.07 bits per heavy atom. The smallest absolute Gasteiger partial charge is 0.316 e. The summed E-state index contributed by atoms with van der Waals surface area (Å²) >= 11 is 1.34. The molecule has 4 aromatic rings. The normalized spacial score (nSPS) is 11.7. The molecule has 1 N–H and O–H groups in total. The van der Waals surface area contributed by atoms with Gasteiger partial charge in [-0.15, -0.1) is 0 Å². The highest BCUT2D eigenvalue weighted by Gasteiger charge is 2.19. The van der Waals surface area contributed by atoms with E-state index in [9.17, 15) is 4.79 Å². The maximum atomic E-state index is 12.7. The van der Waals surface area contributed by atoms with E-state index in [2.05, 4.69) is 26.3 Å². The topological polar surface area (TPSA) is 106 Å². The van der Waals surface area contributed by atoms with E-state index in [0.717, 1.165) is 15.8 Å². The van der Waals surface area contributed by atoms with E-state index in [1.807, 2.05) is 29.1 Å². The highest BCUT2D eigenvalue weighted by molar-refractivity contribution is 7.22. The largest absolute Gasteiger partial charge is 0.467 e. The lowest BCUT2D eigenvalue weighted by atomic mass is 10.1. The number of rotatable bonds is 6. The molecule has 8 nitrogen and oxygen atoms in total. The minimum absolute atomic E-state index is 0.181. The molecule has 1 amide bonds. The monoisotopic (exact) mass is 404 g/mol. The number of nitriles is 1. The van der Waals surface area contributed by atoms with E-state index in [1.165, 1.54) is 18.4 Å². The molecule has 0 aliphatic heterocycles. The summed E-state index contributed by atoms with van der Waals surface area (Å²) in [6.45, 7) is 0. The van der Waals surface area contributed by atoms with Crippen LogP contribution in [0.1, 0.15) is 23.6 Å². The molecule has 0 spiro atoms. The molecule has 0 saturated carbocycles. The van der Waals surface area contributed by atoms with Gasteiger partial charge < -0.3 is 14.6 Å². The molecule has 0 aliphatic rings.